The number of hydrogen-bond acceptors (Lipinski definition) is 3. The maximum Gasteiger partial charge on any atom is 0.311 e. The SMILES string of the molecule is CNC(=O)C12CC(C(=O)OC)(C1)C2. The van der Waals surface area contributed by atoms with Crippen molar-refractivity contribution < 1.29 is 14.3 Å². The van der Waals surface area contributed by atoms with Crippen molar-refractivity contribution >= 4 is 11.9 Å². The third kappa shape index (κ3) is 0.806. The van der Waals surface area contributed by atoms with Crippen LogP contribution in [0.2, 0.25) is 0 Å². The summed E-state index contributed by atoms with van der Waals surface area (Å²) >= 11 is 0. The Morgan fingerprint density at radius 2 is 1.77 bits per heavy atom. The molecule has 0 spiro atoms. The van der Waals surface area contributed by atoms with Gasteiger partial charge in [-0.1, -0.05) is 0 Å². The van der Waals surface area contributed by atoms with Crippen molar-refractivity contribution in [1.82, 2.24) is 5.32 Å². The Bertz CT molecular complexity index is 239. The summed E-state index contributed by atoms with van der Waals surface area (Å²) < 4.78 is 4.68. The number of carbonyl (C=O) groups is 2. The largest absolute Gasteiger partial charge is 0.469 e. The Morgan fingerprint density at radius 3 is 2.15 bits per heavy atom. The van der Waals surface area contributed by atoms with Crippen LogP contribution < -0.4 is 5.32 Å². The maximum atomic E-state index is 11.3. The van der Waals surface area contributed by atoms with E-state index < -0.39 is 0 Å². The number of nitrogens with one attached hydrogen (secondary N) is 1. The molecule has 2 bridgehead atoms. The Kier molecular flexibility index (Phi) is 1.47. The molecule has 0 radical (unpaired) electrons. The van der Waals surface area contributed by atoms with Crippen LogP contribution in [-0.4, -0.2) is 26.0 Å². The second-order valence-electron chi connectivity index (χ2n) is 4.16. The van der Waals surface area contributed by atoms with Crippen molar-refractivity contribution in [3.8, 4) is 0 Å². The monoisotopic (exact) mass is 183 g/mol. The van der Waals surface area contributed by atoms with Crippen molar-refractivity contribution in [2.45, 2.75) is 19.3 Å². The third-order valence-corrected chi connectivity index (χ3v) is 3.36. The molecule has 0 atom stereocenters. The fraction of sp³-hybridized carbons (Fsp3) is 0.778. The van der Waals surface area contributed by atoms with Gasteiger partial charge in [0.25, 0.3) is 0 Å². The van der Waals surface area contributed by atoms with Gasteiger partial charge in [-0.15, -0.1) is 0 Å². The van der Waals surface area contributed by atoms with Gasteiger partial charge in [0.2, 0.25) is 5.91 Å². The predicted octanol–water partition coefficient (Wildman–Crippen LogP) is 0.0757. The van der Waals surface area contributed by atoms with E-state index in [4.69, 9.17) is 0 Å². The van der Waals surface area contributed by atoms with Crippen LogP contribution in [0.3, 0.4) is 0 Å². The molecule has 0 heterocycles. The lowest BCUT2D eigenvalue weighted by Crippen LogP contribution is -2.70. The van der Waals surface area contributed by atoms with Gasteiger partial charge in [-0.3, -0.25) is 9.59 Å². The van der Waals surface area contributed by atoms with Crippen LogP contribution in [-0.2, 0) is 14.3 Å². The highest BCUT2D eigenvalue weighted by Crippen LogP contribution is 2.73. The minimum absolute atomic E-state index is 0.0679. The van der Waals surface area contributed by atoms with Gasteiger partial charge in [0.15, 0.2) is 0 Å². The Labute approximate surface area is 76.6 Å². The molecule has 1 N–H and O–H groups in total. The first kappa shape index (κ1) is 8.53. The number of amides is 1. The van der Waals surface area contributed by atoms with Gasteiger partial charge in [-0.25, -0.2) is 0 Å². The molecule has 3 aliphatic rings. The highest BCUT2D eigenvalue weighted by Gasteiger charge is 2.75. The summed E-state index contributed by atoms with van der Waals surface area (Å²) in [5.41, 5.74) is -0.538. The summed E-state index contributed by atoms with van der Waals surface area (Å²) in [5, 5.41) is 2.63. The summed E-state index contributed by atoms with van der Waals surface area (Å²) in [6.45, 7) is 0. The Balaban J connectivity index is 2.00. The lowest BCUT2D eigenvalue weighted by atomic mass is 9.35. The molecule has 3 fully saturated rings. The number of methoxy groups -OCH3 is 1. The fourth-order valence-corrected chi connectivity index (χ4v) is 2.73. The summed E-state index contributed by atoms with van der Waals surface area (Å²) in [7, 11) is 3.03. The molecule has 3 aliphatic carbocycles. The number of carbonyl (C=O) groups excluding carboxylic acids is 2. The molecule has 0 aromatic carbocycles. The Morgan fingerprint density at radius 1 is 1.23 bits per heavy atom. The third-order valence-electron chi connectivity index (χ3n) is 3.36. The molecule has 0 aliphatic heterocycles. The summed E-state index contributed by atoms with van der Waals surface area (Å²) in [6, 6.07) is 0. The van der Waals surface area contributed by atoms with Gasteiger partial charge in [0, 0.05) is 7.05 Å². The lowest BCUT2D eigenvalue weighted by Gasteiger charge is -2.66. The molecule has 4 nitrogen and oxygen atoms in total. The summed E-state index contributed by atoms with van der Waals surface area (Å²) in [6.07, 6.45) is 2.02. The molecule has 13 heavy (non-hydrogen) atoms. The van der Waals surface area contributed by atoms with E-state index in [1.807, 2.05) is 0 Å². The van der Waals surface area contributed by atoms with E-state index >= 15 is 0 Å². The van der Waals surface area contributed by atoms with E-state index in [9.17, 15) is 9.59 Å². The van der Waals surface area contributed by atoms with Crippen molar-refractivity contribution in [2.24, 2.45) is 10.8 Å². The zero-order valence-electron chi connectivity index (χ0n) is 7.85. The molecule has 1 amide bonds. The number of rotatable bonds is 2. The second-order valence-corrected chi connectivity index (χ2v) is 4.16. The average molecular weight is 183 g/mol. The van der Waals surface area contributed by atoms with Gasteiger partial charge in [0.1, 0.15) is 0 Å². The maximum absolute atomic E-state index is 11.3. The van der Waals surface area contributed by atoms with E-state index in [1.165, 1.54) is 7.11 Å². The van der Waals surface area contributed by atoms with Gasteiger partial charge in [0.05, 0.1) is 17.9 Å². The standard InChI is InChI=1S/C9H13NO3/c1-10-6(11)8-3-9(4-8,5-8)7(12)13-2/h3-5H2,1-2H3,(H,10,11). The van der Waals surface area contributed by atoms with E-state index in [2.05, 4.69) is 10.1 Å². The normalized spacial score (nSPS) is 39.8. The van der Waals surface area contributed by atoms with E-state index in [-0.39, 0.29) is 22.7 Å². The van der Waals surface area contributed by atoms with Crippen molar-refractivity contribution in [1.29, 1.82) is 0 Å². The number of esters is 1. The Hall–Kier alpha value is -1.06. The molecule has 0 aromatic heterocycles. The van der Waals surface area contributed by atoms with Crippen molar-refractivity contribution in [3.63, 3.8) is 0 Å². The highest BCUT2D eigenvalue weighted by molar-refractivity contribution is 5.93. The van der Waals surface area contributed by atoms with Crippen LogP contribution in [0.15, 0.2) is 0 Å². The highest BCUT2D eigenvalue weighted by atomic mass is 16.5. The first-order chi connectivity index (χ1) is 6.08. The lowest BCUT2D eigenvalue weighted by molar-refractivity contribution is -0.222. The van der Waals surface area contributed by atoms with Gasteiger partial charge in [-0.05, 0) is 19.3 Å². The van der Waals surface area contributed by atoms with Crippen LogP contribution in [0.1, 0.15) is 19.3 Å². The minimum Gasteiger partial charge on any atom is -0.469 e. The van der Waals surface area contributed by atoms with Crippen LogP contribution >= 0.6 is 0 Å². The molecule has 0 unspecified atom stereocenters. The van der Waals surface area contributed by atoms with Crippen LogP contribution in [0.5, 0.6) is 0 Å². The molecule has 4 heteroatoms. The number of ether oxygens (including phenoxy) is 1. The van der Waals surface area contributed by atoms with Gasteiger partial charge < -0.3 is 10.1 Å². The zero-order chi connectivity index (χ0) is 9.69. The average Bonchev–Trinajstić information content (AvgIpc) is 1.98. The molecule has 72 valence electrons. The smallest absolute Gasteiger partial charge is 0.311 e. The summed E-state index contributed by atoms with van der Waals surface area (Å²) in [5.74, 6) is -0.0865. The van der Waals surface area contributed by atoms with Crippen molar-refractivity contribution in [2.75, 3.05) is 14.2 Å². The van der Waals surface area contributed by atoms with Crippen LogP contribution in [0, 0.1) is 10.8 Å². The van der Waals surface area contributed by atoms with Crippen LogP contribution in [0.25, 0.3) is 0 Å². The van der Waals surface area contributed by atoms with Crippen molar-refractivity contribution in [3.05, 3.63) is 0 Å². The number of hydrogen-bond donors (Lipinski definition) is 1. The second kappa shape index (κ2) is 2.25. The van der Waals surface area contributed by atoms with E-state index in [0.29, 0.717) is 19.3 Å². The molecule has 0 saturated heterocycles. The molecular weight excluding hydrogens is 170 g/mol. The van der Waals surface area contributed by atoms with Gasteiger partial charge >= 0.3 is 5.97 Å². The van der Waals surface area contributed by atoms with Gasteiger partial charge in [-0.2, -0.15) is 0 Å². The van der Waals surface area contributed by atoms with E-state index in [0.717, 1.165) is 0 Å². The molecule has 3 rings (SSSR count). The summed E-state index contributed by atoms with van der Waals surface area (Å²) in [4.78, 5) is 22.6. The first-order valence-electron chi connectivity index (χ1n) is 4.39. The molecular formula is C9H13NO3. The predicted molar refractivity (Wildman–Crippen MR) is 44.8 cm³/mol. The van der Waals surface area contributed by atoms with Crippen LogP contribution in [0.4, 0.5) is 0 Å². The zero-order valence-corrected chi connectivity index (χ0v) is 7.85. The first-order valence-corrected chi connectivity index (χ1v) is 4.39. The molecule has 3 saturated carbocycles. The fourth-order valence-electron chi connectivity index (χ4n) is 2.73. The van der Waals surface area contributed by atoms with E-state index in [1.54, 1.807) is 7.05 Å². The molecule has 0 aromatic rings. The quantitative estimate of drug-likeness (QED) is 0.616. The topological polar surface area (TPSA) is 55.4 Å². The minimum atomic E-state index is -0.304.